The molecule has 1 heterocycles. The summed E-state index contributed by atoms with van der Waals surface area (Å²) in [5.41, 5.74) is 1.44. The van der Waals surface area contributed by atoms with Gasteiger partial charge in [0.25, 0.3) is 0 Å². The van der Waals surface area contributed by atoms with Crippen molar-refractivity contribution in [1.82, 2.24) is 15.0 Å². The van der Waals surface area contributed by atoms with Gasteiger partial charge in [-0.15, -0.1) is 0 Å². The van der Waals surface area contributed by atoms with E-state index in [9.17, 15) is 13.6 Å². The molecule has 0 aliphatic heterocycles. The number of aromatic nitrogens is 2. The molecule has 2 amide bonds. The Bertz CT molecular complexity index is 1360. The third-order valence-corrected chi connectivity index (χ3v) is 5.86. The number of carbonyl (C=O) groups is 1. The van der Waals surface area contributed by atoms with Crippen molar-refractivity contribution in [3.63, 3.8) is 0 Å². The maximum absolute atomic E-state index is 14.2. The highest BCUT2D eigenvalue weighted by molar-refractivity contribution is 5.89. The Labute approximate surface area is 212 Å². The summed E-state index contributed by atoms with van der Waals surface area (Å²) in [6, 6.07) is 16.7. The summed E-state index contributed by atoms with van der Waals surface area (Å²) in [6.07, 6.45) is 0.247. The first kappa shape index (κ1) is 25.6. The first-order chi connectivity index (χ1) is 17.9. The topological polar surface area (TPSA) is 89.7 Å². The second kappa shape index (κ2) is 11.5. The highest BCUT2D eigenvalue weighted by atomic mass is 19.1. The molecule has 1 atom stereocenters. The Morgan fingerprint density at radius 1 is 1.03 bits per heavy atom. The number of halogens is 2. The third kappa shape index (κ3) is 6.03. The summed E-state index contributed by atoms with van der Waals surface area (Å²) in [5, 5.41) is 6.58. The van der Waals surface area contributed by atoms with Gasteiger partial charge in [-0.1, -0.05) is 35.5 Å². The van der Waals surface area contributed by atoms with Crippen molar-refractivity contribution in [3.05, 3.63) is 89.8 Å². The SMILES string of the molecule is COc1ccc(-c2noc(CCN(C(=O)Nc3ccc(F)cc3F)[C@@H](C)c3ccccc3)n2)cc1OC. The van der Waals surface area contributed by atoms with E-state index in [1.807, 2.05) is 37.3 Å². The number of hydrogen-bond acceptors (Lipinski definition) is 6. The lowest BCUT2D eigenvalue weighted by Gasteiger charge is -2.29. The van der Waals surface area contributed by atoms with Crippen LogP contribution < -0.4 is 14.8 Å². The largest absolute Gasteiger partial charge is 0.493 e. The molecule has 0 spiro atoms. The normalized spacial score (nSPS) is 11.6. The minimum Gasteiger partial charge on any atom is -0.493 e. The number of nitrogens with one attached hydrogen (secondary N) is 1. The van der Waals surface area contributed by atoms with Crippen molar-refractivity contribution in [3.8, 4) is 22.9 Å². The molecule has 0 aliphatic rings. The van der Waals surface area contributed by atoms with Gasteiger partial charge in [0, 0.05) is 24.6 Å². The number of hydrogen-bond donors (Lipinski definition) is 1. The fourth-order valence-corrected chi connectivity index (χ4v) is 3.83. The number of amides is 2. The van der Waals surface area contributed by atoms with Crippen molar-refractivity contribution in [1.29, 1.82) is 0 Å². The van der Waals surface area contributed by atoms with Crippen LogP contribution in [0.15, 0.2) is 71.3 Å². The van der Waals surface area contributed by atoms with Gasteiger partial charge in [0.15, 0.2) is 11.5 Å². The number of urea groups is 1. The standard InChI is InChI=1S/C27H26F2N4O4/c1-17(18-7-5-4-6-8-18)33(27(34)30-22-11-10-20(28)16-21(22)29)14-13-25-31-26(32-37-25)19-9-12-23(35-2)24(15-19)36-3/h4-12,15-17H,13-14H2,1-3H3,(H,30,34)/t17-/m0/s1. The van der Waals surface area contributed by atoms with Crippen molar-refractivity contribution < 1.29 is 27.6 Å². The van der Waals surface area contributed by atoms with Gasteiger partial charge in [-0.05, 0) is 42.8 Å². The molecule has 10 heteroatoms. The summed E-state index contributed by atoms with van der Waals surface area (Å²) in [6.45, 7) is 2.05. The summed E-state index contributed by atoms with van der Waals surface area (Å²) in [4.78, 5) is 19.2. The number of methoxy groups -OCH3 is 2. The van der Waals surface area contributed by atoms with Gasteiger partial charge in [0.2, 0.25) is 11.7 Å². The average molecular weight is 509 g/mol. The molecule has 192 valence electrons. The Morgan fingerprint density at radius 2 is 1.78 bits per heavy atom. The fourth-order valence-electron chi connectivity index (χ4n) is 3.83. The van der Waals surface area contributed by atoms with E-state index in [2.05, 4.69) is 15.5 Å². The first-order valence-corrected chi connectivity index (χ1v) is 11.5. The molecular weight excluding hydrogens is 482 g/mol. The quantitative estimate of drug-likeness (QED) is 0.304. The molecule has 0 fully saturated rings. The van der Waals surface area contributed by atoms with Crippen LogP contribution in [0.5, 0.6) is 11.5 Å². The molecule has 4 aromatic rings. The van der Waals surface area contributed by atoms with Crippen LogP contribution in [0.4, 0.5) is 19.3 Å². The molecule has 0 bridgehead atoms. The first-order valence-electron chi connectivity index (χ1n) is 11.5. The summed E-state index contributed by atoms with van der Waals surface area (Å²) in [5.74, 6) is 0.180. The molecule has 0 radical (unpaired) electrons. The van der Waals surface area contributed by atoms with Crippen molar-refractivity contribution in [2.45, 2.75) is 19.4 Å². The van der Waals surface area contributed by atoms with Crippen LogP contribution in [0.3, 0.4) is 0 Å². The summed E-state index contributed by atoms with van der Waals surface area (Å²) in [7, 11) is 3.08. The predicted molar refractivity (Wildman–Crippen MR) is 133 cm³/mol. The van der Waals surface area contributed by atoms with E-state index in [0.717, 1.165) is 11.6 Å². The van der Waals surface area contributed by atoms with Crippen LogP contribution >= 0.6 is 0 Å². The van der Waals surface area contributed by atoms with Gasteiger partial charge in [-0.3, -0.25) is 0 Å². The highest BCUT2D eigenvalue weighted by Gasteiger charge is 2.24. The van der Waals surface area contributed by atoms with E-state index in [1.54, 1.807) is 25.3 Å². The monoisotopic (exact) mass is 508 g/mol. The zero-order valence-electron chi connectivity index (χ0n) is 20.6. The van der Waals surface area contributed by atoms with E-state index < -0.39 is 17.7 Å². The lowest BCUT2D eigenvalue weighted by Crippen LogP contribution is -2.38. The second-order valence-corrected chi connectivity index (χ2v) is 8.17. The second-order valence-electron chi connectivity index (χ2n) is 8.17. The van der Waals surface area contributed by atoms with E-state index >= 15 is 0 Å². The number of rotatable bonds is 9. The number of ether oxygens (including phenoxy) is 2. The van der Waals surface area contributed by atoms with E-state index in [0.29, 0.717) is 34.8 Å². The molecule has 1 aromatic heterocycles. The smallest absolute Gasteiger partial charge is 0.322 e. The van der Waals surface area contributed by atoms with E-state index in [1.165, 1.54) is 18.1 Å². The Morgan fingerprint density at radius 3 is 2.49 bits per heavy atom. The lowest BCUT2D eigenvalue weighted by molar-refractivity contribution is 0.191. The molecule has 8 nitrogen and oxygen atoms in total. The van der Waals surface area contributed by atoms with Gasteiger partial charge in [-0.25, -0.2) is 13.6 Å². The summed E-state index contributed by atoms with van der Waals surface area (Å²) < 4.78 is 43.5. The van der Waals surface area contributed by atoms with E-state index in [-0.39, 0.29) is 24.7 Å². The fraction of sp³-hybridized carbons (Fsp3) is 0.222. The molecule has 3 aromatic carbocycles. The van der Waals surface area contributed by atoms with Crippen molar-refractivity contribution in [2.24, 2.45) is 0 Å². The van der Waals surface area contributed by atoms with Crippen molar-refractivity contribution in [2.75, 3.05) is 26.1 Å². The maximum Gasteiger partial charge on any atom is 0.322 e. The number of anilines is 1. The zero-order chi connectivity index (χ0) is 26.4. The number of carbonyl (C=O) groups excluding carboxylic acids is 1. The lowest BCUT2D eigenvalue weighted by atomic mass is 10.1. The molecule has 0 aliphatic carbocycles. The molecule has 0 unspecified atom stereocenters. The van der Waals surface area contributed by atoms with Gasteiger partial charge in [-0.2, -0.15) is 4.98 Å². The van der Waals surface area contributed by atoms with Crippen LogP contribution in [0, 0.1) is 11.6 Å². The molecule has 1 N–H and O–H groups in total. The van der Waals surface area contributed by atoms with Crippen LogP contribution in [-0.4, -0.2) is 41.8 Å². The average Bonchev–Trinajstić information content (AvgIpc) is 3.39. The van der Waals surface area contributed by atoms with Crippen LogP contribution in [-0.2, 0) is 6.42 Å². The Kier molecular flexibility index (Phi) is 7.97. The van der Waals surface area contributed by atoms with Gasteiger partial charge < -0.3 is 24.2 Å². The predicted octanol–water partition coefficient (Wildman–Crippen LogP) is 5.87. The zero-order valence-corrected chi connectivity index (χ0v) is 20.6. The highest BCUT2D eigenvalue weighted by Crippen LogP contribution is 2.31. The third-order valence-electron chi connectivity index (χ3n) is 5.86. The molecule has 0 saturated carbocycles. The minimum atomic E-state index is -0.864. The maximum atomic E-state index is 14.2. The van der Waals surface area contributed by atoms with Gasteiger partial charge >= 0.3 is 6.03 Å². The number of nitrogens with zero attached hydrogens (tertiary/aromatic N) is 3. The van der Waals surface area contributed by atoms with Gasteiger partial charge in [0.05, 0.1) is 25.9 Å². The number of benzene rings is 3. The van der Waals surface area contributed by atoms with Gasteiger partial charge in [0.1, 0.15) is 11.6 Å². The van der Waals surface area contributed by atoms with Crippen LogP contribution in [0.1, 0.15) is 24.4 Å². The van der Waals surface area contributed by atoms with Crippen molar-refractivity contribution >= 4 is 11.7 Å². The summed E-state index contributed by atoms with van der Waals surface area (Å²) >= 11 is 0. The van der Waals surface area contributed by atoms with E-state index in [4.69, 9.17) is 14.0 Å². The molecular formula is C27H26F2N4O4. The Hall–Kier alpha value is -4.47. The Balaban J connectivity index is 1.53. The molecule has 37 heavy (non-hydrogen) atoms. The molecule has 4 rings (SSSR count). The minimum absolute atomic E-state index is 0.120. The molecule has 0 saturated heterocycles. The van der Waals surface area contributed by atoms with Crippen LogP contribution in [0.2, 0.25) is 0 Å². The van der Waals surface area contributed by atoms with Crippen LogP contribution in [0.25, 0.3) is 11.4 Å².